The van der Waals surface area contributed by atoms with Crippen LogP contribution in [0, 0.1) is 11.7 Å². The summed E-state index contributed by atoms with van der Waals surface area (Å²) in [5.41, 5.74) is 1.94. The Morgan fingerprint density at radius 1 is 1.11 bits per heavy atom. The summed E-state index contributed by atoms with van der Waals surface area (Å²) < 4.78 is 13.9. The number of amides is 2. The van der Waals surface area contributed by atoms with Crippen LogP contribution in [-0.4, -0.2) is 76.9 Å². The molecule has 3 N–H and O–H groups in total. The summed E-state index contributed by atoms with van der Waals surface area (Å²) in [7, 11) is 1.77. The van der Waals surface area contributed by atoms with E-state index in [1.54, 1.807) is 13.1 Å². The van der Waals surface area contributed by atoms with Crippen LogP contribution in [0.3, 0.4) is 0 Å². The van der Waals surface area contributed by atoms with Crippen LogP contribution in [0.25, 0.3) is 10.9 Å². The van der Waals surface area contributed by atoms with Gasteiger partial charge in [-0.2, -0.15) is 0 Å². The molecule has 1 aliphatic carbocycles. The minimum atomic E-state index is -0.492. The Labute approximate surface area is 219 Å². The minimum absolute atomic E-state index is 0.0312. The predicted molar refractivity (Wildman–Crippen MR) is 144 cm³/mol. The van der Waals surface area contributed by atoms with Crippen molar-refractivity contribution in [3.63, 3.8) is 0 Å². The number of benzene rings is 1. The molecule has 3 fully saturated rings. The molecule has 2 aromatic rings. The minimum Gasteiger partial charge on any atom is -0.361 e. The molecule has 3 aliphatic rings. The Balaban J connectivity index is 1.48. The molecule has 5 atom stereocenters. The number of H-pyrrole nitrogens is 1. The molecular formula is C29H42FN5O2. The quantitative estimate of drug-likeness (QED) is 0.529. The van der Waals surface area contributed by atoms with Gasteiger partial charge in [-0.3, -0.25) is 14.5 Å². The molecule has 0 radical (unpaired) electrons. The number of likely N-dealkylation sites (tertiary alicyclic amines) is 2. The summed E-state index contributed by atoms with van der Waals surface area (Å²) in [6, 6.07) is 4.74. The summed E-state index contributed by atoms with van der Waals surface area (Å²) in [5.74, 6) is -0.0129. The Bertz CT molecular complexity index is 1130. The summed E-state index contributed by atoms with van der Waals surface area (Å²) in [6.45, 7) is 7.83. The maximum Gasteiger partial charge on any atom is 0.245 e. The highest BCUT2D eigenvalue weighted by molar-refractivity contribution is 5.90. The van der Waals surface area contributed by atoms with Crippen molar-refractivity contribution in [1.29, 1.82) is 0 Å². The van der Waals surface area contributed by atoms with Crippen molar-refractivity contribution in [2.45, 2.75) is 95.4 Å². The van der Waals surface area contributed by atoms with Crippen LogP contribution >= 0.6 is 0 Å². The van der Waals surface area contributed by atoms with Crippen LogP contribution in [0.1, 0.15) is 70.8 Å². The van der Waals surface area contributed by atoms with Gasteiger partial charge in [0.1, 0.15) is 11.9 Å². The summed E-state index contributed by atoms with van der Waals surface area (Å²) in [4.78, 5) is 35.2. The van der Waals surface area contributed by atoms with Gasteiger partial charge in [-0.05, 0) is 76.8 Å². The van der Waals surface area contributed by atoms with E-state index in [4.69, 9.17) is 0 Å². The zero-order valence-corrected chi connectivity index (χ0v) is 22.6. The molecule has 7 nitrogen and oxygen atoms in total. The number of nitrogens with one attached hydrogen (secondary N) is 3. The van der Waals surface area contributed by atoms with Crippen molar-refractivity contribution in [3.05, 3.63) is 35.8 Å². The van der Waals surface area contributed by atoms with Gasteiger partial charge in [0, 0.05) is 48.2 Å². The molecular weight excluding hydrogens is 469 g/mol. The second kappa shape index (κ2) is 10.7. The van der Waals surface area contributed by atoms with E-state index in [1.165, 1.54) is 12.5 Å². The van der Waals surface area contributed by atoms with Gasteiger partial charge < -0.3 is 20.5 Å². The zero-order valence-electron chi connectivity index (χ0n) is 22.6. The fraction of sp³-hybridized carbons (Fsp3) is 0.655. The molecule has 0 bridgehead atoms. The zero-order chi connectivity index (χ0) is 26.3. The number of rotatable bonds is 7. The van der Waals surface area contributed by atoms with Crippen molar-refractivity contribution in [2.24, 2.45) is 5.92 Å². The average molecular weight is 512 g/mol. The Morgan fingerprint density at radius 3 is 2.57 bits per heavy atom. The molecule has 8 heteroatoms. The van der Waals surface area contributed by atoms with E-state index < -0.39 is 6.04 Å². The van der Waals surface area contributed by atoms with Crippen molar-refractivity contribution in [2.75, 3.05) is 20.1 Å². The molecule has 5 unspecified atom stereocenters. The third-order valence-electron chi connectivity index (χ3n) is 9.20. The van der Waals surface area contributed by atoms with Crippen molar-refractivity contribution < 1.29 is 14.0 Å². The number of hydrogen-bond acceptors (Lipinski definition) is 4. The summed E-state index contributed by atoms with van der Waals surface area (Å²) >= 11 is 0. The first kappa shape index (κ1) is 26.2. The third kappa shape index (κ3) is 4.90. The van der Waals surface area contributed by atoms with E-state index in [0.29, 0.717) is 12.6 Å². The number of carbonyl (C=O) groups excluding carboxylic acids is 2. The van der Waals surface area contributed by atoms with Crippen LogP contribution in [0.15, 0.2) is 24.4 Å². The number of fused-ring (bicyclic) bond motifs is 2. The molecule has 37 heavy (non-hydrogen) atoms. The lowest BCUT2D eigenvalue weighted by atomic mass is 9.82. The van der Waals surface area contributed by atoms with E-state index in [0.717, 1.165) is 55.1 Å². The van der Waals surface area contributed by atoms with Gasteiger partial charge in [-0.25, -0.2) is 4.39 Å². The normalized spacial score (nSPS) is 26.5. The van der Waals surface area contributed by atoms with E-state index in [1.807, 2.05) is 19.2 Å². The number of likely N-dealkylation sites (N-methyl/N-ethyl adjacent to an activating group) is 1. The van der Waals surface area contributed by atoms with Gasteiger partial charge in [0.05, 0.1) is 12.1 Å². The number of nitrogens with zero attached hydrogens (tertiary/aromatic N) is 2. The summed E-state index contributed by atoms with van der Waals surface area (Å²) in [5, 5.41) is 7.19. The van der Waals surface area contributed by atoms with E-state index in [-0.39, 0.29) is 47.6 Å². The number of carbonyl (C=O) groups is 2. The van der Waals surface area contributed by atoms with Crippen LogP contribution in [0.4, 0.5) is 4.39 Å². The van der Waals surface area contributed by atoms with Crippen molar-refractivity contribution in [1.82, 2.24) is 25.4 Å². The van der Waals surface area contributed by atoms with E-state index in [9.17, 15) is 14.0 Å². The maximum atomic E-state index is 14.3. The SMILES string of the molecule is CNC(C)C(=O)NC(C(=O)N1CCC2C1C(c1c[nH]c3cc(F)ccc13)CN2C(C)C)C1CCCCC1. The topological polar surface area (TPSA) is 80.5 Å². The molecule has 1 aromatic heterocycles. The molecule has 1 saturated carbocycles. The smallest absolute Gasteiger partial charge is 0.245 e. The van der Waals surface area contributed by atoms with Crippen molar-refractivity contribution in [3.8, 4) is 0 Å². The summed E-state index contributed by atoms with van der Waals surface area (Å²) in [6.07, 6.45) is 8.29. The second-order valence-corrected chi connectivity index (χ2v) is 11.6. The molecule has 202 valence electrons. The van der Waals surface area contributed by atoms with Crippen molar-refractivity contribution >= 4 is 22.7 Å². The van der Waals surface area contributed by atoms with E-state index in [2.05, 4.69) is 39.3 Å². The van der Waals surface area contributed by atoms with E-state index >= 15 is 0 Å². The number of aromatic amines is 1. The van der Waals surface area contributed by atoms with Crippen LogP contribution in [-0.2, 0) is 9.59 Å². The largest absolute Gasteiger partial charge is 0.361 e. The van der Waals surface area contributed by atoms with Gasteiger partial charge >= 0.3 is 0 Å². The highest BCUT2D eigenvalue weighted by Crippen LogP contribution is 2.44. The highest BCUT2D eigenvalue weighted by Gasteiger charge is 2.53. The fourth-order valence-corrected chi connectivity index (χ4v) is 7.11. The monoisotopic (exact) mass is 511 g/mol. The second-order valence-electron chi connectivity index (χ2n) is 11.6. The number of aromatic nitrogens is 1. The van der Waals surface area contributed by atoms with Gasteiger partial charge in [0.25, 0.3) is 0 Å². The molecule has 5 rings (SSSR count). The number of halogens is 1. The Hall–Kier alpha value is -2.45. The molecule has 1 aromatic carbocycles. The molecule has 2 amide bonds. The molecule has 0 spiro atoms. The Kier molecular flexibility index (Phi) is 7.59. The van der Waals surface area contributed by atoms with Gasteiger partial charge in [-0.1, -0.05) is 19.3 Å². The standard InChI is InChI=1S/C29H42FN5O2/c1-17(2)35-16-23(22-15-32-24-14-20(30)10-11-21(22)24)27-25(35)12-13-34(27)29(37)26(19-8-6-5-7-9-19)33-28(36)18(3)31-4/h10-11,14-15,17-19,23,25-27,31-32H,5-9,12-13,16H2,1-4H3,(H,33,36). The first-order valence-corrected chi connectivity index (χ1v) is 14.1. The molecule has 2 aliphatic heterocycles. The molecule has 2 saturated heterocycles. The lowest BCUT2D eigenvalue weighted by Crippen LogP contribution is -2.57. The first-order valence-electron chi connectivity index (χ1n) is 14.1. The van der Waals surface area contributed by atoms with Gasteiger partial charge in [0.2, 0.25) is 11.8 Å². The van der Waals surface area contributed by atoms with Gasteiger partial charge in [0.15, 0.2) is 0 Å². The van der Waals surface area contributed by atoms with Crippen LogP contribution < -0.4 is 10.6 Å². The maximum absolute atomic E-state index is 14.3. The Morgan fingerprint density at radius 2 is 1.86 bits per heavy atom. The fourth-order valence-electron chi connectivity index (χ4n) is 7.11. The first-order chi connectivity index (χ1) is 17.8. The van der Waals surface area contributed by atoms with Crippen LogP contribution in [0.2, 0.25) is 0 Å². The van der Waals surface area contributed by atoms with Gasteiger partial charge in [-0.15, -0.1) is 0 Å². The lowest BCUT2D eigenvalue weighted by molar-refractivity contribution is -0.139. The lowest BCUT2D eigenvalue weighted by Gasteiger charge is -2.36. The third-order valence-corrected chi connectivity index (χ3v) is 9.20. The molecule has 3 heterocycles. The number of hydrogen-bond donors (Lipinski definition) is 3. The van der Waals surface area contributed by atoms with Crippen LogP contribution in [0.5, 0.6) is 0 Å². The highest BCUT2D eigenvalue weighted by atomic mass is 19.1. The predicted octanol–water partition coefficient (Wildman–Crippen LogP) is 3.76. The average Bonchev–Trinajstić information content (AvgIpc) is 3.60.